The molecule has 2 N–H and O–H groups in total. The summed E-state index contributed by atoms with van der Waals surface area (Å²) in [6.45, 7) is 6.97. The second-order valence-corrected chi connectivity index (χ2v) is 11.7. The lowest BCUT2D eigenvalue weighted by Gasteiger charge is -2.34. The number of alkyl halides is 1. The van der Waals surface area contributed by atoms with Gasteiger partial charge < -0.3 is 10.5 Å². The molecule has 2 saturated heterocycles. The number of nitrogen functional groups attached to an aromatic ring is 1. The Bertz CT molecular complexity index is 919. The van der Waals surface area contributed by atoms with Gasteiger partial charge in [-0.05, 0) is 13.0 Å². The Kier molecular flexibility index (Phi) is 6.75. The van der Waals surface area contributed by atoms with Gasteiger partial charge in [0.15, 0.2) is 11.3 Å². The number of phosphoric ester groups is 1. The third kappa shape index (κ3) is 4.93. The molecule has 0 amide bonds. The van der Waals surface area contributed by atoms with Crippen LogP contribution in [0.15, 0.2) is 17.1 Å². The van der Waals surface area contributed by atoms with E-state index in [1.165, 1.54) is 16.8 Å². The van der Waals surface area contributed by atoms with E-state index in [-0.39, 0.29) is 24.1 Å². The number of nitrogens with two attached hydrogens (primary N) is 1. The number of carbonyl (C=O) groups is 1. The fraction of sp³-hybridized carbons (Fsp3) is 0.706. The highest BCUT2D eigenvalue weighted by atomic mass is 35.5. The van der Waals surface area contributed by atoms with Crippen LogP contribution in [0.2, 0.25) is 0 Å². The number of hydrogen-bond donors (Lipinski definition) is 1. The van der Waals surface area contributed by atoms with E-state index in [9.17, 15) is 14.2 Å². The molecule has 0 aliphatic carbocycles. The molecule has 1 aromatic rings. The molecule has 2 fully saturated rings. The van der Waals surface area contributed by atoms with Gasteiger partial charge in [0, 0.05) is 17.4 Å². The van der Waals surface area contributed by atoms with Crippen LogP contribution in [0, 0.1) is 5.41 Å². The molecule has 13 heteroatoms. The van der Waals surface area contributed by atoms with Crippen molar-refractivity contribution in [3.8, 4) is 0 Å². The zero-order chi connectivity index (χ0) is 22.3. The summed E-state index contributed by atoms with van der Waals surface area (Å²) in [6.07, 6.45) is -1.04. The number of phosphoric acid groups is 1. The Morgan fingerprint density at radius 1 is 1.53 bits per heavy atom. The average molecular weight is 482 g/mol. The van der Waals surface area contributed by atoms with E-state index in [1.807, 2.05) is 20.8 Å². The highest BCUT2D eigenvalue weighted by Gasteiger charge is 2.60. The van der Waals surface area contributed by atoms with Crippen LogP contribution in [0.25, 0.3) is 0 Å². The first-order valence-corrected chi connectivity index (χ1v) is 12.1. The molecule has 0 unspecified atom stereocenters. The molecule has 0 spiro atoms. The van der Waals surface area contributed by atoms with Crippen LogP contribution < -0.4 is 11.4 Å². The predicted molar refractivity (Wildman–Crippen MR) is 112 cm³/mol. The zero-order valence-electron chi connectivity index (χ0n) is 17.1. The summed E-state index contributed by atoms with van der Waals surface area (Å²) in [6, 6.07) is 1.45. The molecule has 10 nitrogen and oxygen atoms in total. The van der Waals surface area contributed by atoms with Crippen LogP contribution in [0.3, 0.4) is 0 Å². The minimum Gasteiger partial charge on any atom is -0.383 e. The minimum atomic E-state index is -3.91. The van der Waals surface area contributed by atoms with Gasteiger partial charge >= 0.3 is 13.5 Å². The number of rotatable bonds is 5. The average Bonchev–Trinajstić information content (AvgIpc) is 2.88. The summed E-state index contributed by atoms with van der Waals surface area (Å²) in [5.41, 5.74) is 4.41. The third-order valence-electron chi connectivity index (χ3n) is 4.60. The molecule has 30 heavy (non-hydrogen) atoms. The summed E-state index contributed by atoms with van der Waals surface area (Å²) in [5.74, 6) is 0.369. The van der Waals surface area contributed by atoms with Crippen LogP contribution in [-0.2, 0) is 27.7 Å². The quantitative estimate of drug-likeness (QED) is 0.380. The molecule has 0 bridgehead atoms. The lowest BCUT2D eigenvalue weighted by molar-refractivity contribution is -0.117. The van der Waals surface area contributed by atoms with E-state index in [0.29, 0.717) is 5.75 Å². The van der Waals surface area contributed by atoms with Crippen LogP contribution in [-0.4, -0.2) is 50.7 Å². The zero-order valence-corrected chi connectivity index (χ0v) is 19.5. The van der Waals surface area contributed by atoms with Crippen molar-refractivity contribution in [1.29, 1.82) is 0 Å². The Morgan fingerprint density at radius 3 is 2.87 bits per heavy atom. The SMILES string of the molecule is CC(C)(C)C(=O)SCCO[P@@]1(=O)OC[C@H]2O[C@@H](n3ccc(N)nc3=O)[C@](C)(Cl)[C@@H]2O1. The Balaban J connectivity index is 1.65. The number of hydrogen-bond acceptors (Lipinski definition) is 10. The van der Waals surface area contributed by atoms with Gasteiger partial charge in [-0.25, -0.2) is 9.36 Å². The van der Waals surface area contributed by atoms with E-state index in [0.717, 1.165) is 11.8 Å². The Hall–Kier alpha value is -0.940. The third-order valence-corrected chi connectivity index (χ3v) is 7.70. The highest BCUT2D eigenvalue weighted by Crippen LogP contribution is 2.59. The first kappa shape index (κ1) is 23.7. The fourth-order valence-electron chi connectivity index (χ4n) is 3.02. The lowest BCUT2D eigenvalue weighted by atomic mass is 10.00. The molecule has 0 radical (unpaired) electrons. The first-order chi connectivity index (χ1) is 13.8. The van der Waals surface area contributed by atoms with Crippen LogP contribution >= 0.6 is 31.2 Å². The fourth-order valence-corrected chi connectivity index (χ4v) is 5.80. The van der Waals surface area contributed by atoms with Gasteiger partial charge in [0.05, 0.1) is 13.2 Å². The van der Waals surface area contributed by atoms with Gasteiger partial charge in [0.2, 0.25) is 0 Å². The summed E-state index contributed by atoms with van der Waals surface area (Å²) >= 11 is 7.77. The smallest absolute Gasteiger partial charge is 0.383 e. The largest absolute Gasteiger partial charge is 0.475 e. The first-order valence-electron chi connectivity index (χ1n) is 9.27. The second-order valence-electron chi connectivity index (χ2n) is 8.21. The Morgan fingerprint density at radius 2 is 2.23 bits per heavy atom. The summed E-state index contributed by atoms with van der Waals surface area (Å²) in [4.78, 5) is 26.6. The van der Waals surface area contributed by atoms with E-state index in [1.54, 1.807) is 6.92 Å². The molecule has 1 aromatic heterocycles. The maximum Gasteiger partial charge on any atom is 0.475 e. The number of ether oxygens (including phenoxy) is 1. The molecule has 2 aliphatic rings. The van der Waals surface area contributed by atoms with E-state index < -0.39 is 42.2 Å². The number of nitrogens with zero attached hydrogens (tertiary/aromatic N) is 2. The molecule has 5 atom stereocenters. The molecular formula is C17H25ClN3O7PS. The number of thioether (sulfide) groups is 1. The normalized spacial score (nSPS) is 34.0. The molecule has 2 aliphatic heterocycles. The molecular weight excluding hydrogens is 457 g/mol. The predicted octanol–water partition coefficient (Wildman–Crippen LogP) is 2.57. The van der Waals surface area contributed by atoms with E-state index in [2.05, 4.69) is 4.98 Å². The number of carbonyl (C=O) groups excluding carboxylic acids is 1. The van der Waals surface area contributed by atoms with Crippen molar-refractivity contribution in [1.82, 2.24) is 9.55 Å². The number of fused-ring (bicyclic) bond motifs is 1. The van der Waals surface area contributed by atoms with Crippen molar-refractivity contribution in [3.63, 3.8) is 0 Å². The maximum absolute atomic E-state index is 12.9. The van der Waals surface area contributed by atoms with Crippen LogP contribution in [0.1, 0.15) is 33.9 Å². The van der Waals surface area contributed by atoms with Crippen molar-refractivity contribution in [2.45, 2.75) is 51.0 Å². The van der Waals surface area contributed by atoms with E-state index in [4.69, 9.17) is 35.6 Å². The number of anilines is 1. The molecule has 0 aromatic carbocycles. The molecule has 0 saturated carbocycles. The second kappa shape index (κ2) is 8.54. The van der Waals surface area contributed by atoms with Gasteiger partial charge in [-0.2, -0.15) is 4.98 Å². The molecule has 168 valence electrons. The minimum absolute atomic E-state index is 0.00200. The standard InChI is InChI=1S/C17H25ClN3O7PS/c1-16(2,3)14(22)30-8-7-25-29(24)26-9-10-12(28-29)17(4,18)13(27-10)21-6-5-11(19)20-15(21)23/h5-6,10,12-13H,7-9H2,1-4H3,(H2,19,20,23)/t10-,12-,13-,17-,29+/m1/s1. The topological polar surface area (TPSA) is 132 Å². The van der Waals surface area contributed by atoms with Gasteiger partial charge in [0.25, 0.3) is 0 Å². The summed E-state index contributed by atoms with van der Waals surface area (Å²) < 4.78 is 36.2. The van der Waals surface area contributed by atoms with Crippen molar-refractivity contribution in [2.75, 3.05) is 24.7 Å². The summed E-state index contributed by atoms with van der Waals surface area (Å²) in [7, 11) is -3.91. The maximum atomic E-state index is 12.9. The molecule has 3 rings (SSSR count). The van der Waals surface area contributed by atoms with Gasteiger partial charge in [0.1, 0.15) is 22.9 Å². The van der Waals surface area contributed by atoms with Crippen molar-refractivity contribution < 1.29 is 27.7 Å². The van der Waals surface area contributed by atoms with E-state index >= 15 is 0 Å². The Labute approximate surface area is 183 Å². The lowest BCUT2D eigenvalue weighted by Crippen LogP contribution is -2.45. The van der Waals surface area contributed by atoms with Crippen molar-refractivity contribution in [3.05, 3.63) is 22.7 Å². The van der Waals surface area contributed by atoms with Crippen LogP contribution in [0.5, 0.6) is 0 Å². The van der Waals surface area contributed by atoms with Gasteiger partial charge in [-0.1, -0.05) is 32.5 Å². The highest BCUT2D eigenvalue weighted by molar-refractivity contribution is 8.13. The summed E-state index contributed by atoms with van der Waals surface area (Å²) in [5, 5.41) is -0.00200. The number of halogens is 1. The number of aromatic nitrogens is 2. The van der Waals surface area contributed by atoms with Gasteiger partial charge in [-0.15, -0.1) is 11.6 Å². The van der Waals surface area contributed by atoms with Crippen LogP contribution in [0.4, 0.5) is 5.82 Å². The van der Waals surface area contributed by atoms with Crippen molar-refractivity contribution in [2.24, 2.45) is 5.41 Å². The van der Waals surface area contributed by atoms with Crippen molar-refractivity contribution >= 4 is 42.1 Å². The molecule has 3 heterocycles. The van der Waals surface area contributed by atoms with Gasteiger partial charge in [-0.3, -0.25) is 22.9 Å². The monoisotopic (exact) mass is 481 g/mol.